The Labute approximate surface area is 309 Å². The number of ether oxygens (including phenoxy) is 4. The zero-order valence-electron chi connectivity index (χ0n) is 27.8. The smallest absolute Gasteiger partial charge is 0.416 e. The third-order valence-corrected chi connectivity index (χ3v) is 9.26. The molecule has 0 radical (unpaired) electrons. The van der Waals surface area contributed by atoms with Crippen LogP contribution in [0.25, 0.3) is 12.2 Å². The predicted octanol–water partition coefficient (Wildman–Crippen LogP) is 9.71. The van der Waals surface area contributed by atoms with E-state index in [0.29, 0.717) is 56.4 Å². The molecule has 4 aromatic rings. The molecule has 0 amide bonds. The topological polar surface area (TPSA) is 77.4 Å². The first kappa shape index (κ1) is 37.9. The molecule has 4 aromatic carbocycles. The number of methoxy groups -OCH3 is 4. The molecule has 0 saturated carbocycles. The predicted molar refractivity (Wildman–Crippen MR) is 174 cm³/mol. The second-order valence-corrected chi connectivity index (χ2v) is 12.0. The van der Waals surface area contributed by atoms with Crippen molar-refractivity contribution in [2.75, 3.05) is 28.4 Å². The molecule has 6 rings (SSSR count). The zero-order valence-corrected chi connectivity index (χ0v) is 30.3. The van der Waals surface area contributed by atoms with Crippen LogP contribution in [0.15, 0.2) is 71.8 Å². The van der Waals surface area contributed by atoms with E-state index in [9.17, 15) is 36.6 Å². The molecule has 51 heavy (non-hydrogen) atoms. The van der Waals surface area contributed by atoms with Crippen molar-refractivity contribution >= 4 is 12.2 Å². The van der Waals surface area contributed by atoms with Gasteiger partial charge >= 0.3 is 12.4 Å². The molecule has 2 aliphatic rings. The van der Waals surface area contributed by atoms with E-state index < -0.39 is 35.3 Å². The number of halogens is 6. The summed E-state index contributed by atoms with van der Waals surface area (Å²) in [7, 11) is 5.78. The van der Waals surface area contributed by atoms with Crippen LogP contribution in [-0.4, -0.2) is 38.7 Å². The third kappa shape index (κ3) is 7.09. The Morgan fingerprint density at radius 3 is 1.16 bits per heavy atom. The van der Waals surface area contributed by atoms with Crippen molar-refractivity contribution in [2.24, 2.45) is 0 Å². The number of fused-ring (bicyclic) bond motifs is 2. The fourth-order valence-electron chi connectivity index (χ4n) is 6.92. The largest absolute Gasteiger partial charge is 0.508 e. The average Bonchev–Trinajstić information content (AvgIpc) is 3.61. The normalized spacial score (nSPS) is 16.4. The van der Waals surface area contributed by atoms with Gasteiger partial charge in [0.1, 0.15) is 11.5 Å². The van der Waals surface area contributed by atoms with Crippen LogP contribution in [0.3, 0.4) is 0 Å². The number of benzene rings is 4. The van der Waals surface area contributed by atoms with Gasteiger partial charge in [-0.3, -0.25) is 0 Å². The summed E-state index contributed by atoms with van der Waals surface area (Å²) < 4.78 is 105. The molecule has 0 saturated heterocycles. The Morgan fingerprint density at radius 2 is 0.843 bits per heavy atom. The van der Waals surface area contributed by atoms with E-state index in [0.717, 1.165) is 36.4 Å². The van der Waals surface area contributed by atoms with Crippen LogP contribution >= 0.6 is 0 Å². The molecule has 0 aromatic heterocycles. The molecule has 2 aliphatic carbocycles. The summed E-state index contributed by atoms with van der Waals surface area (Å²) in [6, 6.07) is 12.2. The van der Waals surface area contributed by atoms with Crippen molar-refractivity contribution in [3.8, 4) is 34.5 Å². The average molecular weight is 790 g/mol. The summed E-state index contributed by atoms with van der Waals surface area (Å²) in [6.07, 6.45) is -5.27. The Morgan fingerprint density at radius 1 is 0.510 bits per heavy atom. The Balaban J connectivity index is 0.00000504. The second-order valence-electron chi connectivity index (χ2n) is 12.0. The van der Waals surface area contributed by atoms with Crippen LogP contribution in [0.5, 0.6) is 34.5 Å². The number of aromatic hydroxyl groups is 2. The number of phenols is 2. The maximum atomic E-state index is 13.9. The van der Waals surface area contributed by atoms with E-state index >= 15 is 0 Å². The van der Waals surface area contributed by atoms with Gasteiger partial charge in [0.05, 0.1) is 39.6 Å². The Bertz CT molecular complexity index is 1890. The number of alkyl halides is 6. The van der Waals surface area contributed by atoms with E-state index in [1.54, 1.807) is 24.3 Å². The minimum Gasteiger partial charge on any atom is -0.508 e. The van der Waals surface area contributed by atoms with Gasteiger partial charge < -0.3 is 29.2 Å². The van der Waals surface area contributed by atoms with Crippen LogP contribution in [0.2, 0.25) is 0 Å². The molecular formula is C38H32F6O6Zr. The Hall–Kier alpha value is -4.38. The van der Waals surface area contributed by atoms with Crippen molar-refractivity contribution in [1.82, 2.24) is 0 Å². The first-order valence-corrected chi connectivity index (χ1v) is 15.4. The first-order valence-electron chi connectivity index (χ1n) is 15.4. The SMILES string of the molecule is COc1cc2c(cc1OC)C(c1cc(C(F)(F)F)ccc1O)C(CCC1=Cc3cc(OC)c(OC)cc3C1c1cc(C(F)(F)F)ccc1O)=C2.[Zr]. The molecule has 2 atom stereocenters. The molecule has 0 aliphatic heterocycles. The first-order chi connectivity index (χ1) is 23.7. The van der Waals surface area contributed by atoms with Gasteiger partial charge in [-0.05, 0) is 95.8 Å². The summed E-state index contributed by atoms with van der Waals surface area (Å²) in [5.74, 6) is -0.844. The summed E-state index contributed by atoms with van der Waals surface area (Å²) in [5.41, 5.74) is 1.92. The fraction of sp³-hybridized carbons (Fsp3) is 0.263. The van der Waals surface area contributed by atoms with Gasteiger partial charge in [-0.1, -0.05) is 23.3 Å². The molecule has 0 heterocycles. The maximum absolute atomic E-state index is 13.9. The summed E-state index contributed by atoms with van der Waals surface area (Å²) >= 11 is 0. The van der Waals surface area contributed by atoms with E-state index in [4.69, 9.17) is 18.9 Å². The number of hydrogen-bond donors (Lipinski definition) is 2. The fourth-order valence-corrected chi connectivity index (χ4v) is 6.92. The van der Waals surface area contributed by atoms with Gasteiger partial charge in [-0.25, -0.2) is 0 Å². The van der Waals surface area contributed by atoms with Gasteiger partial charge in [0.25, 0.3) is 0 Å². The van der Waals surface area contributed by atoms with E-state index in [1.165, 1.54) is 28.4 Å². The summed E-state index contributed by atoms with van der Waals surface area (Å²) in [4.78, 5) is 0. The summed E-state index contributed by atoms with van der Waals surface area (Å²) in [5, 5.41) is 21.9. The monoisotopic (exact) mass is 788 g/mol. The molecule has 2 unspecified atom stereocenters. The van der Waals surface area contributed by atoms with Crippen LogP contribution < -0.4 is 18.9 Å². The molecule has 0 spiro atoms. The third-order valence-electron chi connectivity index (χ3n) is 9.26. The van der Waals surface area contributed by atoms with Crippen LogP contribution in [0.1, 0.15) is 69.2 Å². The molecular weight excluding hydrogens is 758 g/mol. The second kappa shape index (κ2) is 14.3. The number of phenolic OH excluding ortho intramolecular Hbond substituents is 2. The molecule has 0 fully saturated rings. The zero-order chi connectivity index (χ0) is 36.1. The van der Waals surface area contributed by atoms with Crippen molar-refractivity contribution in [1.29, 1.82) is 0 Å². The molecule has 6 nitrogen and oxygen atoms in total. The Kier molecular flexibility index (Phi) is 10.6. The number of rotatable bonds is 9. The van der Waals surface area contributed by atoms with Crippen molar-refractivity contribution in [3.63, 3.8) is 0 Å². The molecule has 266 valence electrons. The van der Waals surface area contributed by atoms with E-state index in [-0.39, 0.29) is 61.7 Å². The summed E-state index contributed by atoms with van der Waals surface area (Å²) in [6.45, 7) is 0. The van der Waals surface area contributed by atoms with Crippen molar-refractivity contribution in [3.05, 3.63) is 116 Å². The quantitative estimate of drug-likeness (QED) is 0.165. The van der Waals surface area contributed by atoms with Gasteiger partial charge in [-0.2, -0.15) is 26.3 Å². The van der Waals surface area contributed by atoms with Crippen LogP contribution in [-0.2, 0) is 38.6 Å². The minimum absolute atomic E-state index is 0. The van der Waals surface area contributed by atoms with Crippen LogP contribution in [0, 0.1) is 0 Å². The van der Waals surface area contributed by atoms with Crippen LogP contribution in [0.4, 0.5) is 26.3 Å². The number of hydrogen-bond acceptors (Lipinski definition) is 6. The van der Waals surface area contributed by atoms with Gasteiger partial charge in [-0.15, -0.1) is 0 Å². The van der Waals surface area contributed by atoms with Crippen molar-refractivity contribution < 1.29 is 81.7 Å². The number of allylic oxidation sites excluding steroid dienone is 2. The van der Waals surface area contributed by atoms with Gasteiger partial charge in [0, 0.05) is 49.2 Å². The molecule has 0 bridgehead atoms. The van der Waals surface area contributed by atoms with E-state index in [1.807, 2.05) is 12.2 Å². The maximum Gasteiger partial charge on any atom is 0.416 e. The van der Waals surface area contributed by atoms with Gasteiger partial charge in [0.15, 0.2) is 23.0 Å². The minimum atomic E-state index is -4.67. The molecule has 2 N–H and O–H groups in total. The van der Waals surface area contributed by atoms with Crippen molar-refractivity contribution in [2.45, 2.75) is 37.0 Å². The van der Waals surface area contributed by atoms with Gasteiger partial charge in [0.2, 0.25) is 0 Å². The molecule has 13 heteroatoms. The van der Waals surface area contributed by atoms with E-state index in [2.05, 4.69) is 0 Å². The standard InChI is InChI=1S/C38H32F6O6.Zr/c1-47-31-13-21-11-19(35(25(21)17-33(31)49-3)27-15-23(37(39,40)41)7-9-29(27)45)5-6-20-12-22-14-32(48-2)34(50-4)18-26(22)36(20)28-16-24(38(42,43)44)8-10-30(28)46;/h7-18,35-36,45-46H,5-6H2,1-4H3;.